The molecule has 0 aliphatic carbocycles. The molecule has 16 heavy (non-hydrogen) atoms. The van der Waals surface area contributed by atoms with Crippen LogP contribution in [0.3, 0.4) is 0 Å². The van der Waals surface area contributed by atoms with E-state index in [9.17, 15) is 9.59 Å². The number of rotatable bonds is 3. The van der Waals surface area contributed by atoms with E-state index >= 15 is 0 Å². The van der Waals surface area contributed by atoms with Gasteiger partial charge in [0.05, 0.1) is 11.6 Å². The van der Waals surface area contributed by atoms with Gasteiger partial charge in [-0.1, -0.05) is 0 Å². The number of nitrogens with zero attached hydrogens (tertiary/aromatic N) is 1. The smallest absolute Gasteiger partial charge is 0.322 e. The summed E-state index contributed by atoms with van der Waals surface area (Å²) in [4.78, 5) is 21.8. The first kappa shape index (κ1) is 11.7. The molecular weight excluding hydrogens is 208 g/mol. The van der Waals surface area contributed by atoms with Gasteiger partial charge in [-0.3, -0.25) is 9.59 Å². The van der Waals surface area contributed by atoms with Crippen molar-refractivity contribution in [3.05, 3.63) is 34.9 Å². The largest absolute Gasteiger partial charge is 0.480 e. The van der Waals surface area contributed by atoms with E-state index in [1.165, 1.54) is 12.1 Å². The lowest BCUT2D eigenvalue weighted by molar-refractivity contribution is -0.135. The fourth-order valence-corrected chi connectivity index (χ4v) is 1.24. The average Bonchev–Trinajstić information content (AvgIpc) is 2.25. The molecule has 0 aliphatic rings. The highest BCUT2D eigenvalue weighted by atomic mass is 16.4. The Morgan fingerprint density at radius 2 is 2.19 bits per heavy atom. The summed E-state index contributed by atoms with van der Waals surface area (Å²) in [5.41, 5.74) is 1.48. The molecule has 82 valence electrons. The van der Waals surface area contributed by atoms with Gasteiger partial charge in [0, 0.05) is 5.56 Å². The number of carbonyl (C=O) groups excluding carboxylic acids is 1. The minimum atomic E-state index is -1.10. The number of carbonyl (C=O) groups is 2. The lowest BCUT2D eigenvalue weighted by Gasteiger charge is -2.05. The van der Waals surface area contributed by atoms with Gasteiger partial charge in [-0.05, 0) is 30.7 Å². The van der Waals surface area contributed by atoms with Gasteiger partial charge in [0.25, 0.3) is 5.91 Å². The van der Waals surface area contributed by atoms with E-state index in [1.54, 1.807) is 13.0 Å². The van der Waals surface area contributed by atoms with Crippen molar-refractivity contribution in [1.82, 2.24) is 5.32 Å². The van der Waals surface area contributed by atoms with Gasteiger partial charge in [-0.2, -0.15) is 5.26 Å². The van der Waals surface area contributed by atoms with Crippen molar-refractivity contribution >= 4 is 11.9 Å². The predicted molar refractivity (Wildman–Crippen MR) is 55.9 cm³/mol. The maximum atomic E-state index is 11.5. The van der Waals surface area contributed by atoms with Crippen LogP contribution in [0.2, 0.25) is 0 Å². The Labute approximate surface area is 92.3 Å². The maximum absolute atomic E-state index is 11.5. The van der Waals surface area contributed by atoms with Crippen LogP contribution in [0.15, 0.2) is 18.2 Å². The maximum Gasteiger partial charge on any atom is 0.322 e. The number of nitrogens with one attached hydrogen (secondary N) is 1. The molecule has 5 heteroatoms. The highest BCUT2D eigenvalue weighted by Crippen LogP contribution is 2.10. The van der Waals surface area contributed by atoms with Crippen molar-refractivity contribution in [2.45, 2.75) is 6.92 Å². The van der Waals surface area contributed by atoms with Crippen molar-refractivity contribution in [2.24, 2.45) is 0 Å². The van der Waals surface area contributed by atoms with Crippen molar-refractivity contribution < 1.29 is 14.7 Å². The lowest BCUT2D eigenvalue weighted by Crippen LogP contribution is -2.29. The Balaban J connectivity index is 2.85. The van der Waals surface area contributed by atoms with Crippen molar-refractivity contribution in [3.8, 4) is 6.07 Å². The predicted octanol–water partition coefficient (Wildman–Crippen LogP) is 0.681. The molecule has 0 unspecified atom stereocenters. The molecule has 1 amide bonds. The minimum Gasteiger partial charge on any atom is -0.480 e. The Bertz CT molecular complexity index is 475. The van der Waals surface area contributed by atoms with Gasteiger partial charge < -0.3 is 10.4 Å². The van der Waals surface area contributed by atoms with E-state index < -0.39 is 18.4 Å². The summed E-state index contributed by atoms with van der Waals surface area (Å²) >= 11 is 0. The quantitative estimate of drug-likeness (QED) is 0.780. The van der Waals surface area contributed by atoms with Crippen LogP contribution in [-0.4, -0.2) is 23.5 Å². The third-order valence-electron chi connectivity index (χ3n) is 2.00. The van der Waals surface area contributed by atoms with E-state index in [1.807, 2.05) is 6.07 Å². The van der Waals surface area contributed by atoms with Crippen LogP contribution in [-0.2, 0) is 4.79 Å². The zero-order valence-corrected chi connectivity index (χ0v) is 8.65. The third-order valence-corrected chi connectivity index (χ3v) is 2.00. The Morgan fingerprint density at radius 3 is 2.69 bits per heavy atom. The standard InChI is InChI=1S/C11H10N2O3/c1-7-4-8(5-12)2-3-9(7)11(16)13-6-10(14)15/h2-4H,6H2,1H3,(H,13,16)(H,14,15). The molecule has 0 spiro atoms. The second kappa shape index (κ2) is 4.94. The second-order valence-corrected chi connectivity index (χ2v) is 3.22. The first-order valence-corrected chi connectivity index (χ1v) is 4.55. The molecule has 1 aromatic carbocycles. The summed E-state index contributed by atoms with van der Waals surface area (Å²) in [5.74, 6) is -1.55. The van der Waals surface area contributed by atoms with Crippen LogP contribution in [0.4, 0.5) is 0 Å². The monoisotopic (exact) mass is 218 g/mol. The number of aliphatic carboxylic acids is 1. The molecule has 2 N–H and O–H groups in total. The molecule has 0 atom stereocenters. The number of amides is 1. The number of aryl methyl sites for hydroxylation is 1. The molecule has 1 rings (SSSR count). The Hall–Kier alpha value is -2.35. The SMILES string of the molecule is Cc1cc(C#N)ccc1C(=O)NCC(=O)O. The van der Waals surface area contributed by atoms with Crippen LogP contribution in [0.25, 0.3) is 0 Å². The van der Waals surface area contributed by atoms with Gasteiger partial charge in [-0.15, -0.1) is 0 Å². The van der Waals surface area contributed by atoms with Gasteiger partial charge in [-0.25, -0.2) is 0 Å². The minimum absolute atomic E-state index is 0.375. The zero-order valence-electron chi connectivity index (χ0n) is 8.65. The fraction of sp³-hybridized carbons (Fsp3) is 0.182. The summed E-state index contributed by atoms with van der Waals surface area (Å²) in [6.07, 6.45) is 0. The summed E-state index contributed by atoms with van der Waals surface area (Å²) < 4.78 is 0. The summed E-state index contributed by atoms with van der Waals surface area (Å²) in [6.45, 7) is 1.27. The molecule has 0 saturated carbocycles. The van der Waals surface area contributed by atoms with Crippen LogP contribution in [0.5, 0.6) is 0 Å². The molecule has 0 fully saturated rings. The molecule has 0 aromatic heterocycles. The number of benzene rings is 1. The van der Waals surface area contributed by atoms with Crippen LogP contribution in [0.1, 0.15) is 21.5 Å². The third kappa shape index (κ3) is 2.82. The molecule has 0 heterocycles. The van der Waals surface area contributed by atoms with Crippen LogP contribution < -0.4 is 5.32 Å². The van der Waals surface area contributed by atoms with E-state index in [4.69, 9.17) is 10.4 Å². The number of carboxylic acid groups (broad SMARTS) is 1. The summed E-state index contributed by atoms with van der Waals surface area (Å²) in [5, 5.41) is 19.3. The number of nitriles is 1. The van der Waals surface area contributed by atoms with Crippen molar-refractivity contribution in [2.75, 3.05) is 6.54 Å². The normalized spacial score (nSPS) is 9.25. The molecule has 0 aliphatic heterocycles. The molecule has 0 radical (unpaired) electrons. The Kier molecular flexibility index (Phi) is 3.62. The van der Waals surface area contributed by atoms with E-state index in [2.05, 4.69) is 5.32 Å². The molecule has 5 nitrogen and oxygen atoms in total. The average molecular weight is 218 g/mol. The number of hydrogen-bond acceptors (Lipinski definition) is 3. The first-order chi connectivity index (χ1) is 7.54. The van der Waals surface area contributed by atoms with E-state index in [-0.39, 0.29) is 0 Å². The summed E-state index contributed by atoms with van der Waals surface area (Å²) in [6, 6.07) is 6.56. The zero-order chi connectivity index (χ0) is 12.1. The van der Waals surface area contributed by atoms with Crippen LogP contribution in [0, 0.1) is 18.3 Å². The van der Waals surface area contributed by atoms with Gasteiger partial charge >= 0.3 is 5.97 Å². The number of carboxylic acids is 1. The van der Waals surface area contributed by atoms with Crippen LogP contribution >= 0.6 is 0 Å². The molecular formula is C11H10N2O3. The van der Waals surface area contributed by atoms with E-state index in [0.717, 1.165) is 0 Å². The topological polar surface area (TPSA) is 90.2 Å². The van der Waals surface area contributed by atoms with Gasteiger partial charge in [0.1, 0.15) is 6.54 Å². The van der Waals surface area contributed by atoms with Crippen molar-refractivity contribution in [3.63, 3.8) is 0 Å². The molecule has 0 saturated heterocycles. The molecule has 0 bridgehead atoms. The van der Waals surface area contributed by atoms with E-state index in [0.29, 0.717) is 16.7 Å². The van der Waals surface area contributed by atoms with Gasteiger partial charge in [0.2, 0.25) is 0 Å². The highest BCUT2D eigenvalue weighted by molar-refractivity contribution is 5.97. The Morgan fingerprint density at radius 1 is 1.50 bits per heavy atom. The second-order valence-electron chi connectivity index (χ2n) is 3.22. The fourth-order valence-electron chi connectivity index (χ4n) is 1.24. The molecule has 1 aromatic rings. The van der Waals surface area contributed by atoms with Gasteiger partial charge in [0.15, 0.2) is 0 Å². The summed E-state index contributed by atoms with van der Waals surface area (Å²) in [7, 11) is 0. The van der Waals surface area contributed by atoms with Crippen molar-refractivity contribution in [1.29, 1.82) is 5.26 Å². The number of hydrogen-bond donors (Lipinski definition) is 2. The highest BCUT2D eigenvalue weighted by Gasteiger charge is 2.10. The first-order valence-electron chi connectivity index (χ1n) is 4.55. The lowest BCUT2D eigenvalue weighted by atomic mass is 10.1.